The molecule has 0 amide bonds. The molecule has 1 rings (SSSR count). The number of rotatable bonds is 6. The summed E-state index contributed by atoms with van der Waals surface area (Å²) in [5.41, 5.74) is 0. The van der Waals surface area contributed by atoms with Gasteiger partial charge in [0, 0.05) is 12.1 Å². The molecule has 1 unspecified atom stereocenters. The molecule has 0 radical (unpaired) electrons. The fourth-order valence-electron chi connectivity index (χ4n) is 2.80. The van der Waals surface area contributed by atoms with Gasteiger partial charge in [-0.15, -0.1) is 0 Å². The van der Waals surface area contributed by atoms with Crippen LogP contribution < -0.4 is 5.32 Å². The highest BCUT2D eigenvalue weighted by atomic mass is 15.1. The summed E-state index contributed by atoms with van der Waals surface area (Å²) in [6, 6.07) is 1.42. The van der Waals surface area contributed by atoms with Crippen molar-refractivity contribution >= 4 is 0 Å². The van der Waals surface area contributed by atoms with E-state index in [1.54, 1.807) is 0 Å². The lowest BCUT2D eigenvalue weighted by atomic mass is 9.89. The Morgan fingerprint density at radius 1 is 1.12 bits per heavy atom. The van der Waals surface area contributed by atoms with Gasteiger partial charge in [0.15, 0.2) is 0 Å². The number of nitrogens with zero attached hydrogens (tertiary/aromatic N) is 1. The predicted octanol–water partition coefficient (Wildman–Crippen LogP) is 2.89. The van der Waals surface area contributed by atoms with Crippen LogP contribution in [-0.4, -0.2) is 36.6 Å². The number of nitrogens with one attached hydrogen (secondary N) is 1. The van der Waals surface area contributed by atoms with E-state index in [9.17, 15) is 0 Å². The second-order valence-electron chi connectivity index (χ2n) is 5.24. The Labute approximate surface area is 102 Å². The SMILES string of the molecule is CCC(CC)NC(C)C1CCN(CC)CC1. The molecule has 1 saturated heterocycles. The monoisotopic (exact) mass is 226 g/mol. The molecule has 0 saturated carbocycles. The first kappa shape index (κ1) is 14.0. The molecule has 1 aliphatic heterocycles. The van der Waals surface area contributed by atoms with Crippen molar-refractivity contribution in [1.82, 2.24) is 10.2 Å². The van der Waals surface area contributed by atoms with E-state index in [0.717, 1.165) is 12.0 Å². The van der Waals surface area contributed by atoms with Gasteiger partial charge in [-0.1, -0.05) is 20.8 Å². The van der Waals surface area contributed by atoms with E-state index in [-0.39, 0.29) is 0 Å². The summed E-state index contributed by atoms with van der Waals surface area (Å²) in [6.07, 6.45) is 5.27. The van der Waals surface area contributed by atoms with Crippen molar-refractivity contribution in [2.45, 2.75) is 65.5 Å². The van der Waals surface area contributed by atoms with Crippen LogP contribution in [0.2, 0.25) is 0 Å². The molecule has 1 heterocycles. The van der Waals surface area contributed by atoms with E-state index < -0.39 is 0 Å². The van der Waals surface area contributed by atoms with Crippen molar-refractivity contribution in [3.8, 4) is 0 Å². The standard InChI is InChI=1S/C14H30N2/c1-5-14(6-2)15-12(4)13-8-10-16(7-3)11-9-13/h12-15H,5-11H2,1-4H3. The van der Waals surface area contributed by atoms with Crippen molar-refractivity contribution in [1.29, 1.82) is 0 Å². The molecule has 0 bridgehead atoms. The molecule has 2 heteroatoms. The van der Waals surface area contributed by atoms with E-state index in [0.29, 0.717) is 6.04 Å². The van der Waals surface area contributed by atoms with E-state index in [1.165, 1.54) is 45.3 Å². The predicted molar refractivity (Wildman–Crippen MR) is 71.8 cm³/mol. The Kier molecular flexibility index (Phi) is 6.37. The molecule has 0 aromatic rings. The van der Waals surface area contributed by atoms with Gasteiger partial charge in [-0.05, 0) is 58.2 Å². The molecular formula is C14H30N2. The Morgan fingerprint density at radius 2 is 1.69 bits per heavy atom. The molecule has 16 heavy (non-hydrogen) atoms. The molecule has 0 aromatic carbocycles. The summed E-state index contributed by atoms with van der Waals surface area (Å²) < 4.78 is 0. The Bertz CT molecular complexity index is 170. The lowest BCUT2D eigenvalue weighted by molar-refractivity contribution is 0.163. The van der Waals surface area contributed by atoms with Crippen LogP contribution in [0.4, 0.5) is 0 Å². The van der Waals surface area contributed by atoms with Crippen LogP contribution in [0.1, 0.15) is 53.4 Å². The van der Waals surface area contributed by atoms with Crippen LogP contribution in [-0.2, 0) is 0 Å². The highest BCUT2D eigenvalue weighted by Gasteiger charge is 2.23. The lowest BCUT2D eigenvalue weighted by Gasteiger charge is -2.36. The minimum atomic E-state index is 0.698. The Morgan fingerprint density at radius 3 is 2.12 bits per heavy atom. The average molecular weight is 226 g/mol. The highest BCUT2D eigenvalue weighted by molar-refractivity contribution is 4.81. The molecule has 0 spiro atoms. The third-order valence-electron chi connectivity index (χ3n) is 4.27. The van der Waals surface area contributed by atoms with Crippen molar-refractivity contribution in [2.75, 3.05) is 19.6 Å². The molecule has 2 nitrogen and oxygen atoms in total. The maximum absolute atomic E-state index is 3.80. The van der Waals surface area contributed by atoms with Gasteiger partial charge in [0.25, 0.3) is 0 Å². The fraction of sp³-hybridized carbons (Fsp3) is 1.00. The van der Waals surface area contributed by atoms with Crippen LogP contribution in [0.25, 0.3) is 0 Å². The van der Waals surface area contributed by atoms with E-state index >= 15 is 0 Å². The first-order chi connectivity index (χ1) is 7.71. The first-order valence-corrected chi connectivity index (χ1v) is 7.19. The number of piperidine rings is 1. The van der Waals surface area contributed by atoms with Gasteiger partial charge in [0.05, 0.1) is 0 Å². The maximum Gasteiger partial charge on any atom is 0.00705 e. The fourth-order valence-corrected chi connectivity index (χ4v) is 2.80. The molecular weight excluding hydrogens is 196 g/mol. The molecule has 1 atom stereocenters. The summed E-state index contributed by atoms with van der Waals surface area (Å²) in [4.78, 5) is 2.57. The first-order valence-electron chi connectivity index (χ1n) is 7.19. The van der Waals surface area contributed by atoms with Gasteiger partial charge in [0.2, 0.25) is 0 Å². The van der Waals surface area contributed by atoms with Crippen molar-refractivity contribution < 1.29 is 0 Å². The van der Waals surface area contributed by atoms with E-state index in [2.05, 4.69) is 37.9 Å². The third kappa shape index (κ3) is 4.06. The highest BCUT2D eigenvalue weighted by Crippen LogP contribution is 2.21. The van der Waals surface area contributed by atoms with Gasteiger partial charge >= 0.3 is 0 Å². The van der Waals surface area contributed by atoms with Gasteiger partial charge in [0.1, 0.15) is 0 Å². The molecule has 1 aliphatic rings. The van der Waals surface area contributed by atoms with Crippen LogP contribution in [0, 0.1) is 5.92 Å². The maximum atomic E-state index is 3.80. The zero-order valence-electron chi connectivity index (χ0n) is 11.6. The summed E-state index contributed by atoms with van der Waals surface area (Å²) in [7, 11) is 0. The van der Waals surface area contributed by atoms with Crippen LogP contribution in [0.5, 0.6) is 0 Å². The number of likely N-dealkylation sites (tertiary alicyclic amines) is 1. The molecule has 0 aromatic heterocycles. The van der Waals surface area contributed by atoms with Crippen LogP contribution in [0.15, 0.2) is 0 Å². The Hall–Kier alpha value is -0.0800. The molecule has 1 N–H and O–H groups in total. The van der Waals surface area contributed by atoms with Gasteiger partial charge in [-0.3, -0.25) is 0 Å². The smallest absolute Gasteiger partial charge is 0.00705 e. The summed E-state index contributed by atoms with van der Waals surface area (Å²) in [5, 5.41) is 3.80. The van der Waals surface area contributed by atoms with Gasteiger partial charge in [-0.25, -0.2) is 0 Å². The van der Waals surface area contributed by atoms with E-state index in [4.69, 9.17) is 0 Å². The average Bonchev–Trinajstić information content (AvgIpc) is 2.35. The second-order valence-corrected chi connectivity index (χ2v) is 5.24. The zero-order chi connectivity index (χ0) is 12.0. The van der Waals surface area contributed by atoms with E-state index in [1.807, 2.05) is 0 Å². The largest absolute Gasteiger partial charge is 0.311 e. The lowest BCUT2D eigenvalue weighted by Crippen LogP contribution is -2.45. The number of hydrogen-bond acceptors (Lipinski definition) is 2. The summed E-state index contributed by atoms with van der Waals surface area (Å²) in [5.74, 6) is 0.892. The van der Waals surface area contributed by atoms with Gasteiger partial charge < -0.3 is 10.2 Å². The third-order valence-corrected chi connectivity index (χ3v) is 4.27. The van der Waals surface area contributed by atoms with Crippen molar-refractivity contribution in [3.63, 3.8) is 0 Å². The van der Waals surface area contributed by atoms with Crippen LogP contribution >= 0.6 is 0 Å². The summed E-state index contributed by atoms with van der Waals surface area (Å²) >= 11 is 0. The van der Waals surface area contributed by atoms with Crippen LogP contribution in [0.3, 0.4) is 0 Å². The molecule has 0 aliphatic carbocycles. The topological polar surface area (TPSA) is 15.3 Å². The number of hydrogen-bond donors (Lipinski definition) is 1. The minimum absolute atomic E-state index is 0.698. The van der Waals surface area contributed by atoms with Gasteiger partial charge in [-0.2, -0.15) is 0 Å². The second kappa shape index (κ2) is 7.29. The normalized spacial score (nSPS) is 21.6. The zero-order valence-corrected chi connectivity index (χ0v) is 11.6. The van der Waals surface area contributed by atoms with Crippen molar-refractivity contribution in [2.24, 2.45) is 5.92 Å². The minimum Gasteiger partial charge on any atom is -0.311 e. The summed E-state index contributed by atoms with van der Waals surface area (Å²) in [6.45, 7) is 13.0. The molecule has 1 fully saturated rings. The van der Waals surface area contributed by atoms with Crippen molar-refractivity contribution in [3.05, 3.63) is 0 Å². The quantitative estimate of drug-likeness (QED) is 0.749. The molecule has 96 valence electrons. The Balaban J connectivity index is 2.29.